The Morgan fingerprint density at radius 2 is 1.88 bits per heavy atom. The third-order valence-electron chi connectivity index (χ3n) is 3.15. The summed E-state index contributed by atoms with van der Waals surface area (Å²) in [5.74, 6) is 0.516. The Kier molecular flexibility index (Phi) is 6.87. The molecule has 1 aromatic carbocycles. The van der Waals surface area contributed by atoms with Gasteiger partial charge in [0.2, 0.25) is 0 Å². The second-order valence-electron chi connectivity index (χ2n) is 4.75. The monoisotopic (exact) mass is 237 g/mol. The molecule has 1 aromatic rings. The molecule has 1 unspecified atom stereocenters. The molecule has 0 spiro atoms. The molecule has 1 rings (SSSR count). The average Bonchev–Trinajstić information content (AvgIpc) is 2.32. The molecule has 0 fully saturated rings. The van der Waals surface area contributed by atoms with Crippen molar-refractivity contribution < 1.29 is 4.39 Å². The number of benzene rings is 1. The van der Waals surface area contributed by atoms with Crippen molar-refractivity contribution in [2.75, 3.05) is 13.6 Å². The lowest BCUT2D eigenvalue weighted by Crippen LogP contribution is -2.20. The van der Waals surface area contributed by atoms with Gasteiger partial charge in [-0.05, 0) is 50.0 Å². The fraction of sp³-hybridized carbons (Fsp3) is 0.600. The van der Waals surface area contributed by atoms with Crippen LogP contribution in [-0.2, 0) is 6.42 Å². The van der Waals surface area contributed by atoms with Crippen molar-refractivity contribution in [1.29, 1.82) is 0 Å². The number of rotatable bonds is 8. The summed E-state index contributed by atoms with van der Waals surface area (Å²) >= 11 is 0. The van der Waals surface area contributed by atoms with Crippen molar-refractivity contribution in [1.82, 2.24) is 5.32 Å². The van der Waals surface area contributed by atoms with Gasteiger partial charge in [0.1, 0.15) is 5.82 Å². The van der Waals surface area contributed by atoms with Gasteiger partial charge in [-0.25, -0.2) is 4.39 Å². The molecule has 0 saturated carbocycles. The summed E-state index contributed by atoms with van der Waals surface area (Å²) in [5.41, 5.74) is 1.24. The number of hydrogen-bond acceptors (Lipinski definition) is 1. The van der Waals surface area contributed by atoms with E-state index in [1.165, 1.54) is 31.2 Å². The quantitative estimate of drug-likeness (QED) is 0.678. The van der Waals surface area contributed by atoms with Gasteiger partial charge in [-0.2, -0.15) is 0 Å². The molecule has 2 heteroatoms. The van der Waals surface area contributed by atoms with Gasteiger partial charge in [0, 0.05) is 0 Å². The fourth-order valence-electron chi connectivity index (χ4n) is 2.20. The maximum atomic E-state index is 12.8. The maximum absolute atomic E-state index is 12.8. The highest BCUT2D eigenvalue weighted by atomic mass is 19.1. The fourth-order valence-corrected chi connectivity index (χ4v) is 2.20. The van der Waals surface area contributed by atoms with E-state index < -0.39 is 0 Å². The molecular formula is C15H24FN. The Morgan fingerprint density at radius 1 is 1.18 bits per heavy atom. The summed E-state index contributed by atoms with van der Waals surface area (Å²) in [6.07, 6.45) is 6.17. The molecule has 1 atom stereocenters. The normalized spacial score (nSPS) is 12.6. The number of unbranched alkanes of at least 4 members (excludes halogenated alkanes) is 2. The van der Waals surface area contributed by atoms with E-state index in [1.54, 1.807) is 12.1 Å². The molecule has 0 aliphatic carbocycles. The molecule has 0 bridgehead atoms. The Bertz CT molecular complexity index is 294. The topological polar surface area (TPSA) is 12.0 Å². The SMILES string of the molecule is CCCCCC(CNC)Cc1ccc(F)cc1. The van der Waals surface area contributed by atoms with E-state index in [0.29, 0.717) is 5.92 Å². The molecule has 0 aliphatic heterocycles. The van der Waals surface area contributed by atoms with E-state index >= 15 is 0 Å². The lowest BCUT2D eigenvalue weighted by atomic mass is 9.93. The Hall–Kier alpha value is -0.890. The number of halogens is 1. The molecule has 0 amide bonds. The van der Waals surface area contributed by atoms with Gasteiger partial charge in [0.05, 0.1) is 0 Å². The predicted molar refractivity (Wildman–Crippen MR) is 71.7 cm³/mol. The molecule has 17 heavy (non-hydrogen) atoms. The van der Waals surface area contributed by atoms with Crippen molar-refractivity contribution in [3.8, 4) is 0 Å². The van der Waals surface area contributed by atoms with E-state index in [1.807, 2.05) is 19.2 Å². The van der Waals surface area contributed by atoms with Gasteiger partial charge in [-0.15, -0.1) is 0 Å². The van der Waals surface area contributed by atoms with Gasteiger partial charge in [0.25, 0.3) is 0 Å². The van der Waals surface area contributed by atoms with Crippen LogP contribution in [0.3, 0.4) is 0 Å². The smallest absolute Gasteiger partial charge is 0.123 e. The summed E-state index contributed by atoms with van der Waals surface area (Å²) < 4.78 is 12.8. The highest BCUT2D eigenvalue weighted by Crippen LogP contribution is 2.16. The van der Waals surface area contributed by atoms with Crippen LogP contribution in [0.1, 0.15) is 38.2 Å². The summed E-state index contributed by atoms with van der Waals surface area (Å²) in [6, 6.07) is 6.91. The zero-order valence-corrected chi connectivity index (χ0v) is 11.0. The van der Waals surface area contributed by atoms with Gasteiger partial charge in [-0.1, -0.05) is 38.3 Å². The molecular weight excluding hydrogens is 213 g/mol. The minimum absolute atomic E-state index is 0.148. The third-order valence-corrected chi connectivity index (χ3v) is 3.15. The minimum Gasteiger partial charge on any atom is -0.319 e. The first-order chi connectivity index (χ1) is 8.26. The lowest BCUT2D eigenvalue weighted by Gasteiger charge is -2.16. The largest absolute Gasteiger partial charge is 0.319 e. The van der Waals surface area contributed by atoms with Gasteiger partial charge in [0.15, 0.2) is 0 Å². The molecule has 1 nitrogen and oxygen atoms in total. The van der Waals surface area contributed by atoms with Crippen LogP contribution in [0.2, 0.25) is 0 Å². The molecule has 0 radical (unpaired) electrons. The highest BCUT2D eigenvalue weighted by Gasteiger charge is 2.08. The summed E-state index contributed by atoms with van der Waals surface area (Å²) in [5, 5.41) is 3.25. The summed E-state index contributed by atoms with van der Waals surface area (Å²) in [6.45, 7) is 3.27. The van der Waals surface area contributed by atoms with Crippen molar-refractivity contribution in [3.63, 3.8) is 0 Å². The average molecular weight is 237 g/mol. The molecule has 0 aliphatic rings. The van der Waals surface area contributed by atoms with E-state index in [9.17, 15) is 4.39 Å². The zero-order chi connectivity index (χ0) is 12.5. The maximum Gasteiger partial charge on any atom is 0.123 e. The van der Waals surface area contributed by atoms with Crippen LogP contribution in [0.4, 0.5) is 4.39 Å². The molecule has 0 saturated heterocycles. The number of hydrogen-bond donors (Lipinski definition) is 1. The Balaban J connectivity index is 2.44. The van der Waals surface area contributed by atoms with Crippen LogP contribution in [0.5, 0.6) is 0 Å². The Labute approximate surface area is 104 Å². The van der Waals surface area contributed by atoms with Crippen molar-refractivity contribution >= 4 is 0 Å². The zero-order valence-electron chi connectivity index (χ0n) is 11.0. The van der Waals surface area contributed by atoms with Gasteiger partial charge >= 0.3 is 0 Å². The third kappa shape index (κ3) is 5.83. The van der Waals surface area contributed by atoms with Crippen molar-refractivity contribution in [3.05, 3.63) is 35.6 Å². The second-order valence-corrected chi connectivity index (χ2v) is 4.75. The van der Waals surface area contributed by atoms with Crippen molar-refractivity contribution in [2.45, 2.75) is 39.0 Å². The Morgan fingerprint density at radius 3 is 2.47 bits per heavy atom. The first kappa shape index (κ1) is 14.2. The van der Waals surface area contributed by atoms with E-state index in [4.69, 9.17) is 0 Å². The summed E-state index contributed by atoms with van der Waals surface area (Å²) in [7, 11) is 2.00. The van der Waals surface area contributed by atoms with Crippen molar-refractivity contribution in [2.24, 2.45) is 5.92 Å². The van der Waals surface area contributed by atoms with Crippen LogP contribution >= 0.6 is 0 Å². The van der Waals surface area contributed by atoms with Crippen LogP contribution in [0.25, 0.3) is 0 Å². The molecule has 96 valence electrons. The van der Waals surface area contributed by atoms with Gasteiger partial charge in [-0.3, -0.25) is 0 Å². The highest BCUT2D eigenvalue weighted by molar-refractivity contribution is 5.16. The van der Waals surface area contributed by atoms with Gasteiger partial charge < -0.3 is 5.32 Å². The molecule has 0 aromatic heterocycles. The van der Waals surface area contributed by atoms with Crippen LogP contribution in [0, 0.1) is 11.7 Å². The van der Waals surface area contributed by atoms with Crippen LogP contribution in [0.15, 0.2) is 24.3 Å². The van der Waals surface area contributed by atoms with Crippen LogP contribution in [-0.4, -0.2) is 13.6 Å². The van der Waals surface area contributed by atoms with Crippen LogP contribution < -0.4 is 5.32 Å². The van der Waals surface area contributed by atoms with E-state index in [-0.39, 0.29) is 5.82 Å². The standard InChI is InChI=1S/C15H24FN/c1-3-4-5-6-14(12-17-2)11-13-7-9-15(16)10-8-13/h7-10,14,17H,3-6,11-12H2,1-2H3. The molecule has 1 N–H and O–H groups in total. The second kappa shape index (κ2) is 8.24. The predicted octanol–water partition coefficient (Wildman–Crippen LogP) is 3.78. The lowest BCUT2D eigenvalue weighted by molar-refractivity contribution is 0.438. The number of nitrogens with one attached hydrogen (secondary N) is 1. The molecule has 0 heterocycles. The van der Waals surface area contributed by atoms with E-state index in [0.717, 1.165) is 13.0 Å². The minimum atomic E-state index is -0.148. The first-order valence-corrected chi connectivity index (χ1v) is 6.65. The first-order valence-electron chi connectivity index (χ1n) is 6.65. The van der Waals surface area contributed by atoms with E-state index in [2.05, 4.69) is 12.2 Å². The summed E-state index contributed by atoms with van der Waals surface area (Å²) in [4.78, 5) is 0.